The molecule has 0 aliphatic heterocycles. The van der Waals surface area contributed by atoms with Crippen LogP contribution in [0.15, 0.2) is 47.7 Å². The zero-order chi connectivity index (χ0) is 27.7. The largest absolute Gasteiger partial charge is 0.322 e. The summed E-state index contributed by atoms with van der Waals surface area (Å²) in [5.74, 6) is 0.613. The molecule has 2 N–H and O–H groups in total. The zero-order valence-electron chi connectivity index (χ0n) is 22.6. The van der Waals surface area contributed by atoms with Crippen LogP contribution in [-0.2, 0) is 25.6 Å². The monoisotopic (exact) mass is 526 g/mol. The molecule has 8 nitrogen and oxygen atoms in total. The highest BCUT2D eigenvalue weighted by molar-refractivity contribution is 6.04. The van der Waals surface area contributed by atoms with E-state index in [0.717, 1.165) is 28.8 Å². The van der Waals surface area contributed by atoms with Crippen LogP contribution >= 0.6 is 0 Å². The van der Waals surface area contributed by atoms with Gasteiger partial charge >= 0.3 is 0 Å². The van der Waals surface area contributed by atoms with E-state index >= 15 is 0 Å². The minimum Gasteiger partial charge on any atom is -0.322 e. The number of alkyl halides is 2. The van der Waals surface area contributed by atoms with E-state index in [-0.39, 0.29) is 16.4 Å². The van der Waals surface area contributed by atoms with Crippen LogP contribution in [0.4, 0.5) is 14.5 Å². The van der Waals surface area contributed by atoms with E-state index in [1.807, 2.05) is 29.8 Å². The van der Waals surface area contributed by atoms with Crippen LogP contribution in [0.1, 0.15) is 67.8 Å². The lowest BCUT2D eigenvalue weighted by Gasteiger charge is -2.52. The van der Waals surface area contributed by atoms with E-state index in [0.29, 0.717) is 30.3 Å². The van der Waals surface area contributed by atoms with Gasteiger partial charge in [-0.1, -0.05) is 39.8 Å². The van der Waals surface area contributed by atoms with Gasteiger partial charge in [0.05, 0.1) is 12.0 Å². The molecule has 1 fully saturated rings. The van der Waals surface area contributed by atoms with E-state index in [2.05, 4.69) is 48.5 Å². The lowest BCUT2D eigenvalue weighted by atomic mass is 9.51. The molecular formula is C28H36F2N6O2. The van der Waals surface area contributed by atoms with E-state index in [9.17, 15) is 18.4 Å². The van der Waals surface area contributed by atoms with E-state index < -0.39 is 24.4 Å². The maximum Gasteiger partial charge on any atom is 0.263 e. The number of hydrogen-bond donors (Lipinski definition) is 2. The second-order valence-corrected chi connectivity index (χ2v) is 11.5. The first-order valence-corrected chi connectivity index (χ1v) is 12.9. The zero-order valence-corrected chi connectivity index (χ0v) is 22.6. The summed E-state index contributed by atoms with van der Waals surface area (Å²) in [6, 6.07) is 8.99. The first-order valence-electron chi connectivity index (χ1n) is 12.9. The lowest BCUT2D eigenvalue weighted by molar-refractivity contribution is 0.0790. The molecule has 1 amide bonds. The van der Waals surface area contributed by atoms with Gasteiger partial charge in [0, 0.05) is 25.5 Å². The van der Waals surface area contributed by atoms with Gasteiger partial charge < -0.3 is 19.8 Å². The number of anilines is 1. The van der Waals surface area contributed by atoms with Gasteiger partial charge in [0.15, 0.2) is 0 Å². The smallest absolute Gasteiger partial charge is 0.263 e. The Bertz CT molecular complexity index is 1350. The minimum absolute atomic E-state index is 0.130. The Morgan fingerprint density at radius 3 is 2.53 bits per heavy atom. The van der Waals surface area contributed by atoms with E-state index in [1.54, 1.807) is 12.4 Å². The SMILES string of the molecule is CC(C)CNCc1cc(C(=O)Nc2cccc(C3(c4nncn4C)CC(C)(C)C3)c2)c(=O)n(CC(F)F)c1. The molecule has 1 saturated carbocycles. The van der Waals surface area contributed by atoms with Gasteiger partial charge in [-0.15, -0.1) is 10.2 Å². The number of amides is 1. The first kappa shape index (κ1) is 27.6. The van der Waals surface area contributed by atoms with Crippen molar-refractivity contribution < 1.29 is 13.6 Å². The molecule has 1 aliphatic carbocycles. The van der Waals surface area contributed by atoms with E-state index in [4.69, 9.17) is 0 Å². The Morgan fingerprint density at radius 1 is 1.18 bits per heavy atom. The van der Waals surface area contributed by atoms with Crippen molar-refractivity contribution in [3.8, 4) is 0 Å². The summed E-state index contributed by atoms with van der Waals surface area (Å²) in [6.07, 6.45) is 2.09. The van der Waals surface area contributed by atoms with Gasteiger partial charge in [-0.3, -0.25) is 9.59 Å². The molecule has 0 spiro atoms. The maximum absolute atomic E-state index is 13.3. The van der Waals surface area contributed by atoms with Crippen molar-refractivity contribution in [3.63, 3.8) is 0 Å². The van der Waals surface area contributed by atoms with E-state index in [1.165, 1.54) is 12.3 Å². The minimum atomic E-state index is -2.72. The topological polar surface area (TPSA) is 93.8 Å². The van der Waals surface area contributed by atoms with Crippen LogP contribution in [0.3, 0.4) is 0 Å². The average Bonchev–Trinajstić information content (AvgIpc) is 3.24. The average molecular weight is 527 g/mol. The first-order chi connectivity index (χ1) is 17.9. The number of halogens is 2. The van der Waals surface area contributed by atoms with Crippen molar-refractivity contribution in [2.75, 3.05) is 11.9 Å². The number of hydrogen-bond acceptors (Lipinski definition) is 5. The molecule has 0 radical (unpaired) electrons. The number of aryl methyl sites for hydroxylation is 1. The maximum atomic E-state index is 13.3. The number of carbonyl (C=O) groups is 1. The fourth-order valence-corrected chi connectivity index (χ4v) is 5.63. The molecule has 0 unspecified atom stereocenters. The molecule has 2 aromatic heterocycles. The number of pyridine rings is 1. The van der Waals surface area contributed by atoms with Gasteiger partial charge in [0.1, 0.15) is 17.7 Å². The van der Waals surface area contributed by atoms with Crippen molar-refractivity contribution in [3.05, 3.63) is 75.7 Å². The fourth-order valence-electron chi connectivity index (χ4n) is 5.63. The molecule has 0 bridgehead atoms. The van der Waals surface area contributed by atoms with Crippen molar-refractivity contribution >= 4 is 11.6 Å². The molecule has 1 aliphatic rings. The molecular weight excluding hydrogens is 490 g/mol. The molecule has 3 aromatic rings. The lowest BCUT2D eigenvalue weighted by Crippen LogP contribution is -2.49. The predicted molar refractivity (Wildman–Crippen MR) is 142 cm³/mol. The molecule has 2 heterocycles. The van der Waals surface area contributed by atoms with Crippen LogP contribution in [-0.4, -0.2) is 38.2 Å². The van der Waals surface area contributed by atoms with Crippen molar-refractivity contribution in [2.24, 2.45) is 18.4 Å². The summed E-state index contributed by atoms with van der Waals surface area (Å²) in [5.41, 5.74) is 0.958. The number of rotatable bonds is 10. The third-order valence-corrected chi connectivity index (χ3v) is 6.98. The highest BCUT2D eigenvalue weighted by Gasteiger charge is 2.53. The van der Waals surface area contributed by atoms with Crippen LogP contribution in [0.5, 0.6) is 0 Å². The van der Waals surface area contributed by atoms with Gasteiger partial charge in [-0.25, -0.2) is 8.78 Å². The third kappa shape index (κ3) is 5.85. The third-order valence-electron chi connectivity index (χ3n) is 6.98. The van der Waals surface area contributed by atoms with Gasteiger partial charge in [-0.05, 0) is 60.0 Å². The number of aromatic nitrogens is 4. The molecule has 4 rings (SSSR count). The normalized spacial score (nSPS) is 16.0. The summed E-state index contributed by atoms with van der Waals surface area (Å²) < 4.78 is 29.2. The standard InChI is InChI=1S/C28H36F2N6O2/c1-18(2)11-31-12-19-9-22(25(38)36(13-19)14-23(29)30)24(37)33-21-8-6-7-20(10-21)28(15-27(3,4)16-28)26-34-32-17-35(26)5/h6-10,13,17-18,23,31H,11-12,14-16H2,1-5H3,(H,33,37). The second kappa shape index (κ2) is 10.8. The molecule has 10 heteroatoms. The Kier molecular flexibility index (Phi) is 7.83. The number of carbonyl (C=O) groups excluding carboxylic acids is 1. The van der Waals surface area contributed by atoms with Crippen LogP contribution < -0.4 is 16.2 Å². The van der Waals surface area contributed by atoms with Crippen LogP contribution in [0.25, 0.3) is 0 Å². The Balaban J connectivity index is 1.63. The van der Waals surface area contributed by atoms with Crippen LogP contribution in [0, 0.1) is 11.3 Å². The summed E-state index contributed by atoms with van der Waals surface area (Å²) >= 11 is 0. The Hall–Kier alpha value is -3.40. The number of benzene rings is 1. The molecule has 0 saturated heterocycles. The highest BCUT2D eigenvalue weighted by Crippen LogP contribution is 2.58. The molecule has 1 aromatic carbocycles. The summed E-state index contributed by atoms with van der Waals surface area (Å²) in [4.78, 5) is 26.2. The summed E-state index contributed by atoms with van der Waals surface area (Å²) in [6.45, 7) is 8.82. The second-order valence-electron chi connectivity index (χ2n) is 11.5. The predicted octanol–water partition coefficient (Wildman–Crippen LogP) is 4.35. The van der Waals surface area contributed by atoms with Gasteiger partial charge in [0.2, 0.25) is 0 Å². The van der Waals surface area contributed by atoms with Crippen molar-refractivity contribution in [2.45, 2.75) is 65.5 Å². The number of nitrogens with one attached hydrogen (secondary N) is 2. The van der Waals surface area contributed by atoms with Gasteiger partial charge in [0.25, 0.3) is 17.9 Å². The Morgan fingerprint density at radius 2 is 1.92 bits per heavy atom. The Labute approximate surface area is 221 Å². The summed E-state index contributed by atoms with van der Waals surface area (Å²) in [7, 11) is 1.92. The number of nitrogens with zero attached hydrogens (tertiary/aromatic N) is 4. The van der Waals surface area contributed by atoms with Crippen LogP contribution in [0.2, 0.25) is 0 Å². The molecule has 38 heavy (non-hydrogen) atoms. The van der Waals surface area contributed by atoms with Crippen molar-refractivity contribution in [1.29, 1.82) is 0 Å². The molecule has 0 atom stereocenters. The molecule has 204 valence electrons. The van der Waals surface area contributed by atoms with Gasteiger partial charge in [-0.2, -0.15) is 0 Å². The highest BCUT2D eigenvalue weighted by atomic mass is 19.3. The fraction of sp³-hybridized carbons (Fsp3) is 0.500. The summed E-state index contributed by atoms with van der Waals surface area (Å²) in [5, 5.41) is 14.5. The quantitative estimate of drug-likeness (QED) is 0.410. The van der Waals surface area contributed by atoms with Crippen molar-refractivity contribution in [1.82, 2.24) is 24.6 Å².